The van der Waals surface area contributed by atoms with Gasteiger partial charge in [0, 0.05) is 24.6 Å². The van der Waals surface area contributed by atoms with Crippen molar-refractivity contribution in [1.82, 2.24) is 10.6 Å². The first-order chi connectivity index (χ1) is 9.97. The Morgan fingerprint density at radius 3 is 2.81 bits per heavy atom. The van der Waals surface area contributed by atoms with Crippen LogP contribution >= 0.6 is 0 Å². The minimum Gasteiger partial charge on any atom is -0.348 e. The highest BCUT2D eigenvalue weighted by Gasteiger charge is 2.23. The summed E-state index contributed by atoms with van der Waals surface area (Å²) in [5.74, 6) is -1.20. The summed E-state index contributed by atoms with van der Waals surface area (Å²) in [6.45, 7) is 4.27. The number of rotatable bonds is 3. The summed E-state index contributed by atoms with van der Waals surface area (Å²) in [5, 5.41) is 8.63. The van der Waals surface area contributed by atoms with Crippen LogP contribution in [0.1, 0.15) is 37.0 Å². The Morgan fingerprint density at radius 1 is 1.38 bits per heavy atom. The van der Waals surface area contributed by atoms with E-state index in [1.54, 1.807) is 0 Å². The third-order valence-corrected chi connectivity index (χ3v) is 3.62. The molecule has 0 radical (unpaired) electrons. The van der Waals surface area contributed by atoms with E-state index in [0.717, 1.165) is 19.4 Å². The maximum absolute atomic E-state index is 13.6. The van der Waals surface area contributed by atoms with Crippen LogP contribution in [-0.4, -0.2) is 30.4 Å². The fourth-order valence-corrected chi connectivity index (χ4v) is 2.44. The first-order valence-corrected chi connectivity index (χ1v) is 7.09. The van der Waals surface area contributed by atoms with Gasteiger partial charge in [-0.15, -0.1) is 0 Å². The van der Waals surface area contributed by atoms with Gasteiger partial charge in [0.05, 0.1) is 5.69 Å². The molecule has 1 aromatic rings. The van der Waals surface area contributed by atoms with Gasteiger partial charge in [0.15, 0.2) is 0 Å². The molecule has 0 aliphatic carbocycles. The minimum atomic E-state index is -0.561. The molecule has 1 heterocycles. The van der Waals surface area contributed by atoms with Crippen LogP contribution in [0.3, 0.4) is 0 Å². The molecule has 1 saturated heterocycles. The number of benzene rings is 1. The smallest absolute Gasteiger partial charge is 0.251 e. The summed E-state index contributed by atoms with van der Waals surface area (Å²) in [7, 11) is 0. The van der Waals surface area contributed by atoms with Crippen LogP contribution in [0, 0.1) is 5.82 Å². The number of hydrogen-bond donors (Lipinski definition) is 3. The minimum absolute atomic E-state index is 0.0185. The molecular weight excluding hydrogens is 273 g/mol. The summed E-state index contributed by atoms with van der Waals surface area (Å²) in [6, 6.07) is 4.21. The van der Waals surface area contributed by atoms with Crippen LogP contribution in [0.4, 0.5) is 10.1 Å². The number of carbonyl (C=O) groups is 2. The number of amides is 2. The summed E-state index contributed by atoms with van der Waals surface area (Å²) in [5.41, 5.74) is 0.350. The Kier molecular flexibility index (Phi) is 4.90. The second kappa shape index (κ2) is 6.67. The zero-order valence-corrected chi connectivity index (χ0v) is 12.2. The number of anilines is 1. The van der Waals surface area contributed by atoms with Gasteiger partial charge in [-0.05, 0) is 44.5 Å². The molecule has 2 amide bonds. The van der Waals surface area contributed by atoms with Crippen LogP contribution in [0.25, 0.3) is 0 Å². The summed E-state index contributed by atoms with van der Waals surface area (Å²) in [4.78, 5) is 23.3. The van der Waals surface area contributed by atoms with E-state index in [1.165, 1.54) is 25.1 Å². The Morgan fingerprint density at radius 2 is 2.14 bits per heavy atom. The number of hydrogen-bond acceptors (Lipinski definition) is 3. The zero-order chi connectivity index (χ0) is 15.4. The van der Waals surface area contributed by atoms with Crippen molar-refractivity contribution in [2.24, 2.45) is 0 Å². The van der Waals surface area contributed by atoms with Gasteiger partial charge in [0.25, 0.3) is 5.91 Å². The quantitative estimate of drug-likeness (QED) is 0.793. The third kappa shape index (κ3) is 4.01. The fraction of sp³-hybridized carbons (Fsp3) is 0.467. The molecule has 1 fully saturated rings. The van der Waals surface area contributed by atoms with E-state index in [1.807, 2.05) is 6.92 Å². The van der Waals surface area contributed by atoms with Crippen molar-refractivity contribution in [3.8, 4) is 0 Å². The highest BCUT2D eigenvalue weighted by molar-refractivity contribution is 5.97. The van der Waals surface area contributed by atoms with Crippen LogP contribution < -0.4 is 16.0 Å². The van der Waals surface area contributed by atoms with E-state index in [-0.39, 0.29) is 29.6 Å². The van der Waals surface area contributed by atoms with Crippen LogP contribution in [0.5, 0.6) is 0 Å². The van der Waals surface area contributed by atoms with Crippen LogP contribution in [0.15, 0.2) is 18.2 Å². The highest BCUT2D eigenvalue weighted by atomic mass is 19.1. The highest BCUT2D eigenvalue weighted by Crippen LogP contribution is 2.17. The van der Waals surface area contributed by atoms with Crippen molar-refractivity contribution in [2.45, 2.75) is 38.8 Å². The Bertz CT molecular complexity index is 548. The molecule has 2 atom stereocenters. The molecule has 0 bridgehead atoms. The maximum atomic E-state index is 13.6. The van der Waals surface area contributed by atoms with Gasteiger partial charge in [-0.1, -0.05) is 0 Å². The second-order valence-electron chi connectivity index (χ2n) is 5.34. The van der Waals surface area contributed by atoms with Gasteiger partial charge in [-0.2, -0.15) is 0 Å². The van der Waals surface area contributed by atoms with Crippen molar-refractivity contribution >= 4 is 17.5 Å². The summed E-state index contributed by atoms with van der Waals surface area (Å²) < 4.78 is 13.6. The van der Waals surface area contributed by atoms with Crippen LogP contribution in [0.2, 0.25) is 0 Å². The van der Waals surface area contributed by atoms with Crippen molar-refractivity contribution < 1.29 is 14.0 Å². The van der Waals surface area contributed by atoms with Gasteiger partial charge < -0.3 is 16.0 Å². The molecule has 0 aromatic heterocycles. The second-order valence-corrected chi connectivity index (χ2v) is 5.34. The monoisotopic (exact) mass is 293 g/mol. The number of piperidine rings is 1. The molecule has 0 spiro atoms. The third-order valence-electron chi connectivity index (χ3n) is 3.62. The number of carbonyl (C=O) groups excluding carboxylic acids is 2. The zero-order valence-electron chi connectivity index (χ0n) is 12.2. The predicted molar refractivity (Wildman–Crippen MR) is 78.7 cm³/mol. The molecule has 21 heavy (non-hydrogen) atoms. The fourth-order valence-electron chi connectivity index (χ4n) is 2.44. The molecule has 1 aliphatic rings. The predicted octanol–water partition coefficient (Wildman–Crippen LogP) is 1.65. The molecule has 114 valence electrons. The molecule has 0 saturated carbocycles. The molecule has 3 N–H and O–H groups in total. The largest absolute Gasteiger partial charge is 0.348 e. The lowest BCUT2D eigenvalue weighted by molar-refractivity contribution is -0.114. The van der Waals surface area contributed by atoms with Gasteiger partial charge in [-0.25, -0.2) is 4.39 Å². The van der Waals surface area contributed by atoms with Gasteiger partial charge in [-0.3, -0.25) is 9.59 Å². The van der Waals surface area contributed by atoms with Crippen molar-refractivity contribution in [3.63, 3.8) is 0 Å². The van der Waals surface area contributed by atoms with E-state index >= 15 is 0 Å². The molecular formula is C15H20FN3O2. The SMILES string of the molecule is CC(=O)Nc1cc(C(=O)NC2CCCNC2C)ccc1F. The van der Waals surface area contributed by atoms with Gasteiger partial charge in [0.1, 0.15) is 5.82 Å². The van der Waals surface area contributed by atoms with E-state index in [2.05, 4.69) is 16.0 Å². The van der Waals surface area contributed by atoms with Crippen molar-refractivity contribution in [1.29, 1.82) is 0 Å². The molecule has 2 rings (SSSR count). The van der Waals surface area contributed by atoms with Crippen LogP contribution in [-0.2, 0) is 4.79 Å². The van der Waals surface area contributed by atoms with E-state index in [0.29, 0.717) is 5.56 Å². The molecule has 1 aromatic carbocycles. The molecule has 2 unspecified atom stereocenters. The topological polar surface area (TPSA) is 70.2 Å². The normalized spacial score (nSPS) is 21.7. The lowest BCUT2D eigenvalue weighted by Crippen LogP contribution is -2.51. The van der Waals surface area contributed by atoms with E-state index in [9.17, 15) is 14.0 Å². The maximum Gasteiger partial charge on any atom is 0.251 e. The van der Waals surface area contributed by atoms with Crippen molar-refractivity contribution in [3.05, 3.63) is 29.6 Å². The molecule has 5 nitrogen and oxygen atoms in total. The number of halogens is 1. The Labute approximate surface area is 123 Å². The molecule has 6 heteroatoms. The lowest BCUT2D eigenvalue weighted by Gasteiger charge is -2.30. The summed E-state index contributed by atoms with van der Waals surface area (Å²) in [6.07, 6.45) is 1.93. The average molecular weight is 293 g/mol. The first-order valence-electron chi connectivity index (χ1n) is 7.09. The first kappa shape index (κ1) is 15.4. The molecule has 1 aliphatic heterocycles. The van der Waals surface area contributed by atoms with E-state index < -0.39 is 5.82 Å². The Balaban J connectivity index is 2.09. The standard InChI is InChI=1S/C15H20FN3O2/c1-9-13(4-3-7-17-9)19-15(21)11-5-6-12(16)14(8-11)18-10(2)20/h5-6,8-9,13,17H,3-4,7H2,1-2H3,(H,18,20)(H,19,21). The van der Waals surface area contributed by atoms with E-state index in [4.69, 9.17) is 0 Å². The number of nitrogens with one attached hydrogen (secondary N) is 3. The average Bonchev–Trinajstić information content (AvgIpc) is 2.43. The lowest BCUT2D eigenvalue weighted by atomic mass is 9.99. The summed E-state index contributed by atoms with van der Waals surface area (Å²) >= 11 is 0. The van der Waals surface area contributed by atoms with Gasteiger partial charge >= 0.3 is 0 Å². The van der Waals surface area contributed by atoms with Gasteiger partial charge in [0.2, 0.25) is 5.91 Å². The van der Waals surface area contributed by atoms with Crippen molar-refractivity contribution in [2.75, 3.05) is 11.9 Å². The Hall–Kier alpha value is -1.95.